The number of hydrogen-bond donors (Lipinski definition) is 3. The number of nitrogens with one attached hydrogen (secondary N) is 2. The zero-order valence-corrected chi connectivity index (χ0v) is 25.8. The fourth-order valence-electron chi connectivity index (χ4n) is 5.78. The molecule has 1 saturated heterocycles. The molecule has 0 bridgehead atoms. The van der Waals surface area contributed by atoms with Crippen molar-refractivity contribution in [2.24, 2.45) is 0 Å². The summed E-state index contributed by atoms with van der Waals surface area (Å²) in [6, 6.07) is 15.0. The van der Waals surface area contributed by atoms with E-state index in [1.54, 1.807) is 45.2 Å². The molecule has 4 rings (SSSR count). The highest BCUT2D eigenvalue weighted by molar-refractivity contribution is 5.99. The van der Waals surface area contributed by atoms with Crippen LogP contribution in [-0.4, -0.2) is 68.5 Å². The molecule has 1 fully saturated rings. The first-order chi connectivity index (χ1) is 20.2. The lowest BCUT2D eigenvalue weighted by Gasteiger charge is -2.32. The Morgan fingerprint density at radius 1 is 0.977 bits per heavy atom. The van der Waals surface area contributed by atoms with E-state index in [9.17, 15) is 19.5 Å². The lowest BCUT2D eigenvalue weighted by atomic mass is 9.80. The largest absolute Gasteiger partial charge is 0.497 e. The normalized spacial score (nSPS) is 17.4. The molecule has 2 aliphatic rings. The first kappa shape index (κ1) is 33.5. The fourth-order valence-corrected chi connectivity index (χ4v) is 5.78. The van der Waals surface area contributed by atoms with Crippen LogP contribution in [0.2, 0.25) is 0 Å². The average Bonchev–Trinajstić information content (AvgIpc) is 2.98. The van der Waals surface area contributed by atoms with Gasteiger partial charge in [-0.3, -0.25) is 5.32 Å². The van der Waals surface area contributed by atoms with Gasteiger partial charge in [0.15, 0.2) is 0 Å². The third-order valence-electron chi connectivity index (χ3n) is 7.87. The Labute approximate surface area is 258 Å². The minimum Gasteiger partial charge on any atom is -0.497 e. The van der Waals surface area contributed by atoms with Crippen molar-refractivity contribution in [1.82, 2.24) is 10.2 Å². The number of carbonyl (C=O) groups is 3. The summed E-state index contributed by atoms with van der Waals surface area (Å²) in [6.45, 7) is 6.45. The predicted molar refractivity (Wildman–Crippen MR) is 166 cm³/mol. The van der Waals surface area contributed by atoms with Crippen LogP contribution in [0.5, 0.6) is 5.75 Å². The molecule has 2 heterocycles. The summed E-state index contributed by atoms with van der Waals surface area (Å²) in [5, 5.41) is 15.6. The van der Waals surface area contributed by atoms with E-state index in [4.69, 9.17) is 14.2 Å². The number of ether oxygens (including phenoxy) is 3. The van der Waals surface area contributed by atoms with Crippen molar-refractivity contribution in [3.63, 3.8) is 0 Å². The summed E-state index contributed by atoms with van der Waals surface area (Å²) in [7, 11) is 2.94. The Bertz CT molecular complexity index is 1380. The van der Waals surface area contributed by atoms with E-state index < -0.39 is 23.9 Å². The van der Waals surface area contributed by atoms with Crippen LogP contribution < -0.4 is 15.4 Å². The average molecular weight is 614 g/mol. The van der Waals surface area contributed by atoms with Gasteiger partial charge >= 0.3 is 18.0 Å². The summed E-state index contributed by atoms with van der Waals surface area (Å²) < 4.78 is 15.7. The van der Waals surface area contributed by atoms with E-state index >= 15 is 0 Å². The molecule has 0 radical (unpaired) electrons. The van der Waals surface area contributed by atoms with Crippen molar-refractivity contribution in [3.8, 4) is 5.75 Å². The highest BCUT2D eigenvalue weighted by atomic mass is 35.5. The van der Waals surface area contributed by atoms with Gasteiger partial charge in [0.1, 0.15) is 5.75 Å². The minimum absolute atomic E-state index is 0. The van der Waals surface area contributed by atoms with Crippen molar-refractivity contribution < 1.29 is 33.7 Å². The van der Waals surface area contributed by atoms with Crippen LogP contribution in [0.25, 0.3) is 0 Å². The van der Waals surface area contributed by atoms with Crippen LogP contribution in [-0.2, 0) is 19.1 Å². The molecule has 2 aromatic rings. The first-order valence-corrected chi connectivity index (χ1v) is 14.1. The number of anilines is 1. The van der Waals surface area contributed by atoms with Gasteiger partial charge in [-0.2, -0.15) is 0 Å². The Morgan fingerprint density at radius 2 is 1.65 bits per heavy atom. The molecule has 232 valence electrons. The smallest absolute Gasteiger partial charge is 0.411 e. The van der Waals surface area contributed by atoms with E-state index in [2.05, 4.69) is 27.7 Å². The van der Waals surface area contributed by atoms with E-state index in [1.165, 1.54) is 12.7 Å². The lowest BCUT2D eigenvalue weighted by molar-refractivity contribution is -0.136. The molecular formula is C32H40ClN3O7. The number of carbonyl (C=O) groups excluding carboxylic acids is 2. The van der Waals surface area contributed by atoms with Gasteiger partial charge in [-0.1, -0.05) is 24.3 Å². The maximum atomic E-state index is 12.6. The lowest BCUT2D eigenvalue weighted by Crippen LogP contribution is -2.34. The molecule has 1 atom stereocenters. The number of aliphatic carboxylic acids is 1. The minimum atomic E-state index is -1.15. The number of benzene rings is 2. The third-order valence-corrected chi connectivity index (χ3v) is 7.87. The maximum Gasteiger partial charge on any atom is 0.411 e. The topological polar surface area (TPSA) is 126 Å². The zero-order chi connectivity index (χ0) is 30.2. The van der Waals surface area contributed by atoms with E-state index in [1.807, 2.05) is 12.1 Å². The molecule has 0 aromatic heterocycles. The van der Waals surface area contributed by atoms with Crippen LogP contribution in [0.3, 0.4) is 0 Å². The number of amides is 1. The summed E-state index contributed by atoms with van der Waals surface area (Å²) in [4.78, 5) is 39.7. The second-order valence-corrected chi connectivity index (χ2v) is 10.6. The SMILES string of the molecule is COC(=O)C1=C(C)NC(C)=C(C(=O)O)C1c1cccc(NC(=O)OCCCN2CCC(c3cccc(OC)c3)CC2)c1.Cl. The highest BCUT2D eigenvalue weighted by Gasteiger charge is 2.37. The zero-order valence-electron chi connectivity index (χ0n) is 25.0. The molecule has 11 heteroatoms. The fraction of sp³-hybridized carbons (Fsp3) is 0.406. The summed E-state index contributed by atoms with van der Waals surface area (Å²) in [5.41, 5.74) is 3.46. The van der Waals surface area contributed by atoms with Gasteiger partial charge < -0.3 is 29.5 Å². The number of piperidine rings is 1. The molecule has 0 aliphatic carbocycles. The number of rotatable bonds is 10. The summed E-state index contributed by atoms with van der Waals surface area (Å²) in [5.74, 6) is -1.24. The number of likely N-dealkylation sites (tertiary alicyclic amines) is 1. The van der Waals surface area contributed by atoms with Crippen LogP contribution in [0.1, 0.15) is 56.1 Å². The van der Waals surface area contributed by atoms with Crippen molar-refractivity contribution >= 4 is 36.1 Å². The first-order valence-electron chi connectivity index (χ1n) is 14.1. The van der Waals surface area contributed by atoms with Crippen molar-refractivity contribution in [3.05, 3.63) is 82.2 Å². The van der Waals surface area contributed by atoms with Gasteiger partial charge in [-0.15, -0.1) is 12.4 Å². The predicted octanol–water partition coefficient (Wildman–Crippen LogP) is 5.43. The van der Waals surface area contributed by atoms with Crippen molar-refractivity contribution in [1.29, 1.82) is 0 Å². The quantitative estimate of drug-likeness (QED) is 0.237. The number of nitrogens with zero attached hydrogens (tertiary/aromatic N) is 1. The molecule has 43 heavy (non-hydrogen) atoms. The molecule has 1 unspecified atom stereocenters. The van der Waals surface area contributed by atoms with Gasteiger partial charge in [0, 0.05) is 23.6 Å². The third kappa shape index (κ3) is 8.30. The number of hydrogen-bond acceptors (Lipinski definition) is 8. The molecule has 2 aromatic carbocycles. The Hall–Kier alpha value is -4.02. The van der Waals surface area contributed by atoms with Gasteiger partial charge in [0.2, 0.25) is 0 Å². The van der Waals surface area contributed by atoms with E-state index in [0.29, 0.717) is 35.0 Å². The van der Waals surface area contributed by atoms with Gasteiger partial charge in [0.05, 0.1) is 37.9 Å². The summed E-state index contributed by atoms with van der Waals surface area (Å²) >= 11 is 0. The van der Waals surface area contributed by atoms with Gasteiger partial charge in [0.25, 0.3) is 0 Å². The Kier molecular flexibility index (Phi) is 12.0. The van der Waals surface area contributed by atoms with Crippen molar-refractivity contribution in [2.45, 2.75) is 44.9 Å². The van der Waals surface area contributed by atoms with Crippen LogP contribution in [0.15, 0.2) is 71.1 Å². The number of esters is 1. The molecule has 1 amide bonds. The second kappa shape index (κ2) is 15.5. The molecule has 2 aliphatic heterocycles. The number of carboxylic acid groups (broad SMARTS) is 1. The molecular weight excluding hydrogens is 574 g/mol. The second-order valence-electron chi connectivity index (χ2n) is 10.6. The van der Waals surface area contributed by atoms with Crippen LogP contribution in [0.4, 0.5) is 10.5 Å². The van der Waals surface area contributed by atoms with Gasteiger partial charge in [-0.05, 0) is 87.5 Å². The number of dihydropyridines is 1. The Morgan fingerprint density at radius 3 is 2.33 bits per heavy atom. The van der Waals surface area contributed by atoms with Crippen molar-refractivity contribution in [2.75, 3.05) is 45.8 Å². The number of methoxy groups -OCH3 is 2. The summed E-state index contributed by atoms with van der Waals surface area (Å²) in [6.07, 6.45) is 2.27. The molecule has 0 spiro atoms. The number of halogens is 1. The Balaban J connectivity index is 0.00000506. The monoisotopic (exact) mass is 613 g/mol. The van der Waals surface area contributed by atoms with Crippen LogP contribution >= 0.6 is 12.4 Å². The number of carboxylic acids is 1. The highest BCUT2D eigenvalue weighted by Crippen LogP contribution is 2.39. The van der Waals surface area contributed by atoms with Gasteiger partial charge in [-0.25, -0.2) is 14.4 Å². The maximum absolute atomic E-state index is 12.6. The molecule has 0 saturated carbocycles. The molecule has 3 N–H and O–H groups in total. The van der Waals surface area contributed by atoms with E-state index in [-0.39, 0.29) is 30.2 Å². The standard InChI is InChI=1S/C32H39N3O7.ClH/c1-20-27(30(36)37)29(28(21(2)33-20)31(38)41-4)24-9-5-10-25(18-24)34-32(39)42-17-7-14-35-15-12-22(13-16-35)23-8-6-11-26(19-23)40-3;/h5-6,8-11,18-19,22,29,33H,7,12-17H2,1-4H3,(H,34,39)(H,36,37);1H. The molecule has 10 nitrogen and oxygen atoms in total. The number of allylic oxidation sites excluding steroid dienone is 2. The van der Waals surface area contributed by atoms with Crippen LogP contribution in [0, 0.1) is 0 Å². The van der Waals surface area contributed by atoms with E-state index in [0.717, 1.165) is 38.2 Å².